The summed E-state index contributed by atoms with van der Waals surface area (Å²) in [6, 6.07) is 0.656. The first-order valence-corrected chi connectivity index (χ1v) is 6.26. The van der Waals surface area contributed by atoms with Crippen molar-refractivity contribution in [3.63, 3.8) is 0 Å². The monoisotopic (exact) mass is 212 g/mol. The summed E-state index contributed by atoms with van der Waals surface area (Å²) in [6.07, 6.45) is 4.38. The molecule has 0 aromatic heterocycles. The van der Waals surface area contributed by atoms with Crippen LogP contribution in [0.2, 0.25) is 0 Å². The van der Waals surface area contributed by atoms with E-state index in [1.54, 1.807) is 0 Å². The molecule has 2 atom stereocenters. The normalized spacial score (nSPS) is 34.8. The van der Waals surface area contributed by atoms with E-state index < -0.39 is 0 Å². The van der Waals surface area contributed by atoms with E-state index in [1.165, 1.54) is 38.9 Å². The fraction of sp³-hybridized carbons (Fsp3) is 1.00. The average Bonchev–Trinajstić information content (AvgIpc) is 2.69. The Morgan fingerprint density at radius 3 is 2.67 bits per heavy atom. The van der Waals surface area contributed by atoms with Crippen LogP contribution in [0.3, 0.4) is 0 Å². The third kappa shape index (κ3) is 3.16. The number of hydrogen-bond acceptors (Lipinski definition) is 3. The summed E-state index contributed by atoms with van der Waals surface area (Å²) in [5.74, 6) is 0.935. The summed E-state index contributed by atoms with van der Waals surface area (Å²) in [5, 5.41) is 3.55. The third-order valence-corrected chi connectivity index (χ3v) is 3.87. The molecule has 3 nitrogen and oxygen atoms in total. The number of rotatable bonds is 3. The standard InChI is InChI=1S/C12H24N2O/c1-10-3-5-14(6-4-10)9-11-7-12(15-2)8-13-11/h10-13H,3-9H2,1-2H3. The summed E-state index contributed by atoms with van der Waals surface area (Å²) < 4.78 is 5.37. The second-order valence-electron chi connectivity index (χ2n) is 5.18. The lowest BCUT2D eigenvalue weighted by Crippen LogP contribution is -2.41. The van der Waals surface area contributed by atoms with Gasteiger partial charge in [-0.25, -0.2) is 0 Å². The van der Waals surface area contributed by atoms with Gasteiger partial charge in [0.05, 0.1) is 6.10 Å². The second-order valence-corrected chi connectivity index (χ2v) is 5.18. The van der Waals surface area contributed by atoms with Crippen molar-refractivity contribution in [3.05, 3.63) is 0 Å². The van der Waals surface area contributed by atoms with Gasteiger partial charge in [0, 0.05) is 26.2 Å². The van der Waals surface area contributed by atoms with Crippen LogP contribution in [0.25, 0.3) is 0 Å². The molecule has 2 heterocycles. The van der Waals surface area contributed by atoms with Gasteiger partial charge in [0.1, 0.15) is 0 Å². The van der Waals surface area contributed by atoms with Crippen molar-refractivity contribution in [1.82, 2.24) is 10.2 Å². The Morgan fingerprint density at radius 2 is 2.07 bits per heavy atom. The molecule has 2 saturated heterocycles. The molecular formula is C12H24N2O. The molecule has 2 unspecified atom stereocenters. The Hall–Kier alpha value is -0.120. The fourth-order valence-corrected chi connectivity index (χ4v) is 2.66. The molecule has 0 aromatic carbocycles. The van der Waals surface area contributed by atoms with Crippen LogP contribution in [-0.2, 0) is 4.74 Å². The number of nitrogens with one attached hydrogen (secondary N) is 1. The van der Waals surface area contributed by atoms with Crippen molar-refractivity contribution in [2.45, 2.75) is 38.3 Å². The lowest BCUT2D eigenvalue weighted by Gasteiger charge is -2.32. The summed E-state index contributed by atoms with van der Waals surface area (Å²) >= 11 is 0. The SMILES string of the molecule is COC1CNC(CN2CCC(C)CC2)C1. The largest absolute Gasteiger partial charge is 0.380 e. The van der Waals surface area contributed by atoms with Gasteiger partial charge in [-0.1, -0.05) is 6.92 Å². The topological polar surface area (TPSA) is 24.5 Å². The Labute approximate surface area is 93.2 Å². The number of nitrogens with zero attached hydrogens (tertiary/aromatic N) is 1. The Bertz CT molecular complexity index is 190. The zero-order valence-electron chi connectivity index (χ0n) is 10.0. The highest BCUT2D eigenvalue weighted by Crippen LogP contribution is 2.18. The van der Waals surface area contributed by atoms with Crippen molar-refractivity contribution in [2.24, 2.45) is 5.92 Å². The van der Waals surface area contributed by atoms with Crippen LogP contribution in [0.4, 0.5) is 0 Å². The first kappa shape index (κ1) is 11.4. The van der Waals surface area contributed by atoms with Crippen LogP contribution in [0, 0.1) is 5.92 Å². The van der Waals surface area contributed by atoms with Crippen LogP contribution >= 0.6 is 0 Å². The van der Waals surface area contributed by atoms with Crippen molar-refractivity contribution >= 4 is 0 Å². The molecule has 88 valence electrons. The molecule has 2 fully saturated rings. The fourth-order valence-electron chi connectivity index (χ4n) is 2.66. The Morgan fingerprint density at radius 1 is 1.33 bits per heavy atom. The molecule has 2 aliphatic rings. The van der Waals surface area contributed by atoms with Gasteiger partial charge in [0.15, 0.2) is 0 Å². The van der Waals surface area contributed by atoms with Crippen LogP contribution in [0.5, 0.6) is 0 Å². The highest BCUT2D eigenvalue weighted by Gasteiger charge is 2.26. The predicted molar refractivity (Wildman–Crippen MR) is 62.0 cm³/mol. The molecule has 0 aromatic rings. The van der Waals surface area contributed by atoms with E-state index in [-0.39, 0.29) is 0 Å². The van der Waals surface area contributed by atoms with Crippen molar-refractivity contribution in [1.29, 1.82) is 0 Å². The summed E-state index contributed by atoms with van der Waals surface area (Å²) in [6.45, 7) is 7.19. The molecule has 0 amide bonds. The van der Waals surface area contributed by atoms with E-state index in [4.69, 9.17) is 4.74 Å². The highest BCUT2D eigenvalue weighted by molar-refractivity contribution is 4.85. The van der Waals surface area contributed by atoms with Gasteiger partial charge in [-0.3, -0.25) is 0 Å². The second kappa shape index (κ2) is 5.28. The van der Waals surface area contributed by atoms with E-state index in [9.17, 15) is 0 Å². The van der Waals surface area contributed by atoms with Gasteiger partial charge in [0.25, 0.3) is 0 Å². The minimum absolute atomic E-state index is 0.443. The molecule has 2 rings (SSSR count). The molecule has 0 spiro atoms. The van der Waals surface area contributed by atoms with Crippen molar-refractivity contribution in [2.75, 3.05) is 33.3 Å². The molecular weight excluding hydrogens is 188 g/mol. The summed E-state index contributed by atoms with van der Waals surface area (Å²) in [7, 11) is 1.82. The number of piperidine rings is 1. The van der Waals surface area contributed by atoms with E-state index in [0.29, 0.717) is 12.1 Å². The van der Waals surface area contributed by atoms with Crippen LogP contribution < -0.4 is 5.32 Å². The van der Waals surface area contributed by atoms with E-state index >= 15 is 0 Å². The molecule has 0 bridgehead atoms. The van der Waals surface area contributed by atoms with E-state index in [2.05, 4.69) is 17.1 Å². The maximum absolute atomic E-state index is 5.37. The molecule has 0 radical (unpaired) electrons. The summed E-state index contributed by atoms with van der Waals surface area (Å²) in [4.78, 5) is 2.61. The molecule has 1 N–H and O–H groups in total. The highest BCUT2D eigenvalue weighted by atomic mass is 16.5. The van der Waals surface area contributed by atoms with Gasteiger partial charge >= 0.3 is 0 Å². The zero-order valence-corrected chi connectivity index (χ0v) is 10.0. The molecule has 0 saturated carbocycles. The Kier molecular flexibility index (Phi) is 4.00. The lowest BCUT2D eigenvalue weighted by atomic mass is 9.99. The smallest absolute Gasteiger partial charge is 0.0711 e. The van der Waals surface area contributed by atoms with Gasteiger partial charge in [0.2, 0.25) is 0 Å². The quantitative estimate of drug-likeness (QED) is 0.758. The summed E-state index contributed by atoms with van der Waals surface area (Å²) in [5.41, 5.74) is 0. The van der Waals surface area contributed by atoms with Gasteiger partial charge in [-0.05, 0) is 38.3 Å². The van der Waals surface area contributed by atoms with Gasteiger partial charge in [-0.15, -0.1) is 0 Å². The molecule has 2 aliphatic heterocycles. The zero-order chi connectivity index (χ0) is 10.7. The van der Waals surface area contributed by atoms with Crippen LogP contribution in [0.15, 0.2) is 0 Å². The van der Waals surface area contributed by atoms with E-state index in [1.807, 2.05) is 7.11 Å². The van der Waals surface area contributed by atoms with E-state index in [0.717, 1.165) is 12.5 Å². The first-order valence-electron chi connectivity index (χ1n) is 6.26. The maximum Gasteiger partial charge on any atom is 0.0711 e. The molecule has 0 aliphatic carbocycles. The average molecular weight is 212 g/mol. The van der Waals surface area contributed by atoms with Gasteiger partial charge < -0.3 is 15.0 Å². The van der Waals surface area contributed by atoms with Crippen molar-refractivity contribution < 1.29 is 4.74 Å². The predicted octanol–water partition coefficient (Wildman–Crippen LogP) is 1.10. The van der Waals surface area contributed by atoms with Crippen molar-refractivity contribution in [3.8, 4) is 0 Å². The maximum atomic E-state index is 5.37. The van der Waals surface area contributed by atoms with Crippen LogP contribution in [-0.4, -0.2) is 50.3 Å². The molecule has 15 heavy (non-hydrogen) atoms. The number of methoxy groups -OCH3 is 1. The first-order chi connectivity index (χ1) is 7.28. The lowest BCUT2D eigenvalue weighted by molar-refractivity contribution is 0.114. The minimum atomic E-state index is 0.443. The number of ether oxygens (including phenoxy) is 1. The molecule has 3 heteroatoms. The van der Waals surface area contributed by atoms with Crippen LogP contribution in [0.1, 0.15) is 26.2 Å². The Balaban J connectivity index is 1.69. The third-order valence-electron chi connectivity index (χ3n) is 3.87. The number of likely N-dealkylation sites (tertiary alicyclic amines) is 1. The van der Waals surface area contributed by atoms with Gasteiger partial charge in [-0.2, -0.15) is 0 Å². The number of hydrogen-bond donors (Lipinski definition) is 1. The minimum Gasteiger partial charge on any atom is -0.380 e.